The lowest BCUT2D eigenvalue weighted by atomic mass is 10.0. The lowest BCUT2D eigenvalue weighted by Gasteiger charge is -2.16. The predicted molar refractivity (Wildman–Crippen MR) is 81.1 cm³/mol. The molecule has 1 amide bonds. The Balaban J connectivity index is 1.70. The third-order valence-corrected chi connectivity index (χ3v) is 3.93. The molecule has 0 spiro atoms. The largest absolute Gasteiger partial charge is 0.348 e. The summed E-state index contributed by atoms with van der Waals surface area (Å²) in [5.41, 5.74) is 3.95. The Labute approximate surface area is 124 Å². The van der Waals surface area contributed by atoms with Crippen LogP contribution in [-0.4, -0.2) is 21.9 Å². The average molecular weight is 281 g/mol. The van der Waals surface area contributed by atoms with Crippen molar-refractivity contribution >= 4 is 5.91 Å². The molecule has 1 aliphatic rings. The van der Waals surface area contributed by atoms with Crippen molar-refractivity contribution in [2.75, 3.05) is 0 Å². The highest BCUT2D eigenvalue weighted by Crippen LogP contribution is 2.20. The summed E-state index contributed by atoms with van der Waals surface area (Å²) < 4.78 is 0. The molecule has 1 heterocycles. The molecule has 0 fully saturated rings. The van der Waals surface area contributed by atoms with E-state index >= 15 is 0 Å². The van der Waals surface area contributed by atoms with Crippen molar-refractivity contribution < 1.29 is 4.79 Å². The molecule has 1 aromatic carbocycles. The zero-order chi connectivity index (χ0) is 14.7. The van der Waals surface area contributed by atoms with E-state index in [0.717, 1.165) is 31.4 Å². The summed E-state index contributed by atoms with van der Waals surface area (Å²) in [5.74, 6) is -0.133. The number of carbonyl (C=O) groups is 1. The van der Waals surface area contributed by atoms with Crippen molar-refractivity contribution in [3.63, 3.8) is 0 Å². The third-order valence-electron chi connectivity index (χ3n) is 3.93. The average Bonchev–Trinajstić information content (AvgIpc) is 2.69. The number of carbonyl (C=O) groups excluding carboxylic acids is 1. The highest BCUT2D eigenvalue weighted by atomic mass is 16.1. The van der Waals surface area contributed by atoms with Crippen molar-refractivity contribution in [3.05, 3.63) is 59.2 Å². The van der Waals surface area contributed by atoms with Crippen LogP contribution in [0.25, 0.3) is 0 Å². The lowest BCUT2D eigenvalue weighted by Crippen LogP contribution is -2.36. The summed E-state index contributed by atoms with van der Waals surface area (Å²) in [7, 11) is 0. The van der Waals surface area contributed by atoms with Crippen LogP contribution in [-0.2, 0) is 12.8 Å². The van der Waals surface area contributed by atoms with Gasteiger partial charge in [0.2, 0.25) is 0 Å². The second kappa shape index (κ2) is 6.04. The van der Waals surface area contributed by atoms with Gasteiger partial charge in [0.05, 0.1) is 11.9 Å². The number of amides is 1. The number of benzene rings is 1. The molecule has 1 atom stereocenters. The first-order valence-corrected chi connectivity index (χ1v) is 7.38. The smallest absolute Gasteiger partial charge is 0.271 e. The first-order chi connectivity index (χ1) is 10.2. The van der Waals surface area contributed by atoms with Gasteiger partial charge in [-0.1, -0.05) is 24.3 Å². The Kier molecular flexibility index (Phi) is 3.95. The van der Waals surface area contributed by atoms with Gasteiger partial charge in [-0.3, -0.25) is 9.78 Å². The number of aromatic nitrogens is 2. The molecule has 1 aromatic heterocycles. The maximum atomic E-state index is 12.2. The zero-order valence-electron chi connectivity index (χ0n) is 12.2. The molecule has 0 saturated heterocycles. The number of nitrogens with zero attached hydrogens (tertiary/aromatic N) is 2. The summed E-state index contributed by atoms with van der Waals surface area (Å²) in [6.07, 6.45) is 7.24. The van der Waals surface area contributed by atoms with Gasteiger partial charge in [0.25, 0.3) is 5.91 Å². The number of hydrogen-bond acceptors (Lipinski definition) is 3. The molecule has 2 aromatic rings. The molecule has 108 valence electrons. The quantitative estimate of drug-likeness (QED) is 0.860. The van der Waals surface area contributed by atoms with Crippen LogP contribution in [0.3, 0.4) is 0 Å². The van der Waals surface area contributed by atoms with E-state index in [0.29, 0.717) is 5.69 Å². The summed E-state index contributed by atoms with van der Waals surface area (Å²) in [6.45, 7) is 1.86. The molecule has 0 bridgehead atoms. The highest BCUT2D eigenvalue weighted by Gasteiger charge is 2.19. The number of aryl methyl sites for hydroxylation is 2. The minimum Gasteiger partial charge on any atom is -0.348 e. The van der Waals surface area contributed by atoms with E-state index in [4.69, 9.17) is 0 Å². The Bertz CT molecular complexity index is 637. The van der Waals surface area contributed by atoms with Gasteiger partial charge in [-0.05, 0) is 43.7 Å². The predicted octanol–water partition coefficient (Wildman–Crippen LogP) is 2.46. The fourth-order valence-corrected chi connectivity index (χ4v) is 2.80. The normalized spacial score (nSPS) is 17.7. The molecular weight excluding hydrogens is 262 g/mol. The van der Waals surface area contributed by atoms with Gasteiger partial charge in [0.15, 0.2) is 0 Å². The second-order valence-corrected chi connectivity index (χ2v) is 5.58. The molecule has 4 nitrogen and oxygen atoms in total. The minimum atomic E-state index is -0.133. The van der Waals surface area contributed by atoms with Gasteiger partial charge in [0, 0.05) is 12.2 Å². The zero-order valence-corrected chi connectivity index (χ0v) is 12.2. The van der Waals surface area contributed by atoms with Gasteiger partial charge >= 0.3 is 0 Å². The summed E-state index contributed by atoms with van der Waals surface area (Å²) in [5, 5.41) is 3.09. The molecule has 1 unspecified atom stereocenters. The van der Waals surface area contributed by atoms with Gasteiger partial charge < -0.3 is 5.32 Å². The maximum absolute atomic E-state index is 12.2. The van der Waals surface area contributed by atoms with Crippen molar-refractivity contribution in [2.24, 2.45) is 0 Å². The molecule has 1 N–H and O–H groups in total. The van der Waals surface area contributed by atoms with Crippen LogP contribution in [0.4, 0.5) is 0 Å². The van der Waals surface area contributed by atoms with Crippen LogP contribution in [0.1, 0.15) is 40.2 Å². The van der Waals surface area contributed by atoms with Crippen LogP contribution in [0.5, 0.6) is 0 Å². The SMILES string of the molecule is Cc1cnc(C(=O)NC2CCCc3ccccc3C2)cn1. The summed E-state index contributed by atoms with van der Waals surface area (Å²) in [6, 6.07) is 8.66. The van der Waals surface area contributed by atoms with Crippen molar-refractivity contribution in [2.45, 2.75) is 38.6 Å². The van der Waals surface area contributed by atoms with Crippen LogP contribution < -0.4 is 5.32 Å². The van der Waals surface area contributed by atoms with E-state index in [1.807, 2.05) is 6.92 Å². The standard InChI is InChI=1S/C17H19N3O/c1-12-10-19-16(11-18-12)17(21)20-15-8-4-7-13-5-2-3-6-14(13)9-15/h2-3,5-6,10-11,15H,4,7-9H2,1H3,(H,20,21). The first kappa shape index (κ1) is 13.7. The lowest BCUT2D eigenvalue weighted by molar-refractivity contribution is 0.0929. The van der Waals surface area contributed by atoms with Crippen LogP contribution in [0, 0.1) is 6.92 Å². The van der Waals surface area contributed by atoms with E-state index in [-0.39, 0.29) is 11.9 Å². The van der Waals surface area contributed by atoms with Crippen LogP contribution in [0.2, 0.25) is 0 Å². The topological polar surface area (TPSA) is 54.9 Å². The Hall–Kier alpha value is -2.23. The molecule has 3 rings (SSSR count). The molecule has 4 heteroatoms. The van der Waals surface area contributed by atoms with E-state index in [1.165, 1.54) is 17.3 Å². The molecule has 1 aliphatic carbocycles. The second-order valence-electron chi connectivity index (χ2n) is 5.58. The molecule has 0 aliphatic heterocycles. The first-order valence-electron chi connectivity index (χ1n) is 7.38. The Morgan fingerprint density at radius 1 is 1.19 bits per heavy atom. The molecular formula is C17H19N3O. The fourth-order valence-electron chi connectivity index (χ4n) is 2.80. The van der Waals surface area contributed by atoms with Crippen LogP contribution >= 0.6 is 0 Å². The highest BCUT2D eigenvalue weighted by molar-refractivity contribution is 5.92. The monoisotopic (exact) mass is 281 g/mol. The fraction of sp³-hybridized carbons (Fsp3) is 0.353. The molecule has 0 saturated carbocycles. The van der Waals surface area contributed by atoms with E-state index in [1.54, 1.807) is 6.20 Å². The van der Waals surface area contributed by atoms with Gasteiger partial charge in [-0.2, -0.15) is 0 Å². The van der Waals surface area contributed by atoms with E-state index < -0.39 is 0 Å². The number of nitrogens with one attached hydrogen (secondary N) is 1. The number of fused-ring (bicyclic) bond motifs is 1. The van der Waals surface area contributed by atoms with Gasteiger partial charge in [-0.25, -0.2) is 4.98 Å². The summed E-state index contributed by atoms with van der Waals surface area (Å²) >= 11 is 0. The van der Waals surface area contributed by atoms with Crippen LogP contribution in [0.15, 0.2) is 36.7 Å². The van der Waals surface area contributed by atoms with Crippen molar-refractivity contribution in [1.29, 1.82) is 0 Å². The van der Waals surface area contributed by atoms with Crippen molar-refractivity contribution in [3.8, 4) is 0 Å². The number of hydrogen-bond donors (Lipinski definition) is 1. The van der Waals surface area contributed by atoms with Crippen molar-refractivity contribution in [1.82, 2.24) is 15.3 Å². The van der Waals surface area contributed by atoms with Gasteiger partial charge in [-0.15, -0.1) is 0 Å². The third kappa shape index (κ3) is 3.27. The Morgan fingerprint density at radius 3 is 2.76 bits per heavy atom. The van der Waals surface area contributed by atoms with E-state index in [9.17, 15) is 4.79 Å². The Morgan fingerprint density at radius 2 is 2.00 bits per heavy atom. The van der Waals surface area contributed by atoms with Gasteiger partial charge in [0.1, 0.15) is 5.69 Å². The summed E-state index contributed by atoms with van der Waals surface area (Å²) in [4.78, 5) is 20.5. The maximum Gasteiger partial charge on any atom is 0.271 e. The minimum absolute atomic E-state index is 0.133. The molecule has 21 heavy (non-hydrogen) atoms. The number of rotatable bonds is 2. The molecule has 0 radical (unpaired) electrons. The van der Waals surface area contributed by atoms with E-state index in [2.05, 4.69) is 39.6 Å².